The Labute approximate surface area is 144 Å². The maximum atomic E-state index is 10.1. The van der Waals surface area contributed by atoms with Crippen LogP contribution in [0, 0.1) is 16.7 Å². The third-order valence-corrected chi connectivity index (χ3v) is 9.74. The van der Waals surface area contributed by atoms with E-state index in [9.17, 15) is 5.26 Å². The highest BCUT2D eigenvalue weighted by atomic mass is 32.2. The summed E-state index contributed by atoms with van der Waals surface area (Å²) < 4.78 is 6.86. The SMILES string of the molecule is C[C@]12CCC3(C=C1CCC[C@@]2(C#N)O[Si](C)(C)C)SCCS3. The van der Waals surface area contributed by atoms with Gasteiger partial charge in [-0.15, -0.1) is 23.5 Å². The molecule has 122 valence electrons. The lowest BCUT2D eigenvalue weighted by atomic mass is 9.58. The summed E-state index contributed by atoms with van der Waals surface area (Å²) in [6, 6.07) is 2.65. The van der Waals surface area contributed by atoms with E-state index in [2.05, 4.69) is 62.2 Å². The van der Waals surface area contributed by atoms with Gasteiger partial charge in [-0.2, -0.15) is 5.26 Å². The minimum atomic E-state index is -1.76. The van der Waals surface area contributed by atoms with Crippen LogP contribution < -0.4 is 0 Å². The average Bonchev–Trinajstić information content (AvgIpc) is 2.88. The fraction of sp³-hybridized carbons (Fsp3) is 0.824. The van der Waals surface area contributed by atoms with Crippen molar-refractivity contribution in [3.05, 3.63) is 11.6 Å². The summed E-state index contributed by atoms with van der Waals surface area (Å²) in [7, 11) is -1.76. The van der Waals surface area contributed by atoms with Crippen molar-refractivity contribution in [2.24, 2.45) is 5.41 Å². The molecular formula is C17H27NOS2Si. The van der Waals surface area contributed by atoms with Crippen molar-refractivity contribution in [2.75, 3.05) is 11.5 Å². The smallest absolute Gasteiger partial charge is 0.185 e. The summed E-state index contributed by atoms with van der Waals surface area (Å²) >= 11 is 4.23. The van der Waals surface area contributed by atoms with Crippen molar-refractivity contribution in [3.63, 3.8) is 0 Å². The molecule has 1 saturated heterocycles. The van der Waals surface area contributed by atoms with Crippen molar-refractivity contribution in [1.29, 1.82) is 5.26 Å². The highest BCUT2D eigenvalue weighted by Crippen LogP contribution is 2.61. The molecule has 3 aliphatic rings. The molecule has 2 nitrogen and oxygen atoms in total. The number of hydrogen-bond donors (Lipinski definition) is 0. The molecule has 2 atom stereocenters. The molecule has 22 heavy (non-hydrogen) atoms. The molecule has 2 fully saturated rings. The number of hydrogen-bond acceptors (Lipinski definition) is 4. The second-order valence-electron chi connectivity index (χ2n) is 8.02. The van der Waals surface area contributed by atoms with Crippen molar-refractivity contribution in [3.8, 4) is 6.07 Å². The van der Waals surface area contributed by atoms with Gasteiger partial charge in [-0.3, -0.25) is 0 Å². The Morgan fingerprint density at radius 1 is 1.18 bits per heavy atom. The van der Waals surface area contributed by atoms with Gasteiger partial charge in [0.05, 0.1) is 10.1 Å². The van der Waals surface area contributed by atoms with Gasteiger partial charge < -0.3 is 4.43 Å². The molecule has 0 N–H and O–H groups in total. The molecule has 1 spiro atoms. The molecule has 0 aromatic heterocycles. The minimum absolute atomic E-state index is 0.0881. The van der Waals surface area contributed by atoms with Gasteiger partial charge >= 0.3 is 0 Å². The Morgan fingerprint density at radius 3 is 2.45 bits per heavy atom. The highest BCUT2D eigenvalue weighted by molar-refractivity contribution is 8.21. The first-order valence-corrected chi connectivity index (χ1v) is 13.7. The first-order chi connectivity index (χ1) is 10.2. The van der Waals surface area contributed by atoms with Gasteiger partial charge in [0.1, 0.15) is 0 Å². The Morgan fingerprint density at radius 2 is 1.86 bits per heavy atom. The number of fused-ring (bicyclic) bond motifs is 1. The van der Waals surface area contributed by atoms with E-state index in [4.69, 9.17) is 4.43 Å². The van der Waals surface area contributed by atoms with E-state index in [-0.39, 0.29) is 5.41 Å². The second-order valence-corrected chi connectivity index (χ2v) is 15.6. The zero-order chi connectivity index (χ0) is 16.1. The van der Waals surface area contributed by atoms with E-state index in [1.165, 1.54) is 23.5 Å². The normalized spacial score (nSPS) is 37.5. The summed E-state index contributed by atoms with van der Waals surface area (Å²) in [5, 5.41) is 10.1. The Balaban J connectivity index is 2.00. The number of nitriles is 1. The van der Waals surface area contributed by atoms with Crippen LogP contribution in [0.5, 0.6) is 0 Å². The predicted molar refractivity (Wildman–Crippen MR) is 99.7 cm³/mol. The van der Waals surface area contributed by atoms with Gasteiger partial charge in [-0.05, 0) is 51.7 Å². The Hall–Kier alpha value is 0.107. The molecule has 0 bridgehead atoms. The molecule has 3 rings (SSSR count). The van der Waals surface area contributed by atoms with Crippen molar-refractivity contribution >= 4 is 31.8 Å². The molecule has 0 amide bonds. The lowest BCUT2D eigenvalue weighted by molar-refractivity contribution is -0.0224. The first kappa shape index (κ1) is 16.9. The topological polar surface area (TPSA) is 33.0 Å². The van der Waals surface area contributed by atoms with Gasteiger partial charge in [-0.1, -0.05) is 18.6 Å². The standard InChI is InChI=1S/C17H27NOS2Si/c1-15-8-9-17(20-10-11-21-17)12-14(15)6-5-7-16(15,13-18)19-22(2,3)4/h12H,5-11H2,1-4H3/t15-,16-/m0/s1. The predicted octanol–water partition coefficient (Wildman–Crippen LogP) is 5.19. The van der Waals surface area contributed by atoms with Crippen LogP contribution in [0.3, 0.4) is 0 Å². The third-order valence-electron chi connectivity index (χ3n) is 5.38. The molecule has 1 heterocycles. The molecule has 0 radical (unpaired) electrons. The minimum Gasteiger partial charge on any atom is -0.399 e. The maximum Gasteiger partial charge on any atom is 0.185 e. The van der Waals surface area contributed by atoms with Crippen molar-refractivity contribution < 1.29 is 4.43 Å². The van der Waals surface area contributed by atoms with E-state index in [0.29, 0.717) is 4.08 Å². The van der Waals surface area contributed by atoms with Crippen LogP contribution >= 0.6 is 23.5 Å². The molecule has 0 aromatic rings. The van der Waals surface area contributed by atoms with Gasteiger partial charge in [-0.25, -0.2) is 0 Å². The van der Waals surface area contributed by atoms with E-state index in [1.807, 2.05) is 0 Å². The van der Waals surface area contributed by atoms with Crippen LogP contribution in [0.15, 0.2) is 11.6 Å². The Kier molecular flexibility index (Phi) is 4.30. The van der Waals surface area contributed by atoms with Gasteiger partial charge in [0.2, 0.25) is 0 Å². The summed E-state index contributed by atoms with van der Waals surface area (Å²) in [4.78, 5) is 0. The average molecular weight is 354 g/mol. The van der Waals surface area contributed by atoms with Crippen LogP contribution in [0.2, 0.25) is 19.6 Å². The summed E-state index contributed by atoms with van der Waals surface area (Å²) in [6.45, 7) is 8.93. The molecule has 0 aromatic carbocycles. The molecule has 0 unspecified atom stereocenters. The quantitative estimate of drug-likeness (QED) is 0.505. The first-order valence-electron chi connectivity index (χ1n) is 8.36. The van der Waals surface area contributed by atoms with E-state index in [0.717, 1.165) is 25.7 Å². The van der Waals surface area contributed by atoms with Gasteiger partial charge in [0.15, 0.2) is 13.9 Å². The second kappa shape index (κ2) is 5.58. The zero-order valence-corrected chi connectivity index (χ0v) is 16.8. The summed E-state index contributed by atoms with van der Waals surface area (Å²) in [6.07, 6.45) is 7.95. The number of nitrogens with zero attached hydrogens (tertiary/aromatic N) is 1. The summed E-state index contributed by atoms with van der Waals surface area (Å²) in [5.74, 6) is 2.53. The summed E-state index contributed by atoms with van der Waals surface area (Å²) in [5.41, 5.74) is 0.818. The molecule has 2 aliphatic carbocycles. The molecule has 1 saturated carbocycles. The third kappa shape index (κ3) is 2.70. The van der Waals surface area contributed by atoms with E-state index < -0.39 is 13.9 Å². The lowest BCUT2D eigenvalue weighted by Crippen LogP contribution is -2.57. The molecule has 5 heteroatoms. The zero-order valence-electron chi connectivity index (χ0n) is 14.2. The van der Waals surface area contributed by atoms with Gasteiger partial charge in [0.25, 0.3) is 0 Å². The molecular weight excluding hydrogens is 326 g/mol. The van der Waals surface area contributed by atoms with E-state index in [1.54, 1.807) is 0 Å². The van der Waals surface area contributed by atoms with Crippen LogP contribution in [0.4, 0.5) is 0 Å². The van der Waals surface area contributed by atoms with Crippen LogP contribution in [-0.4, -0.2) is 29.5 Å². The highest BCUT2D eigenvalue weighted by Gasteiger charge is 2.58. The largest absolute Gasteiger partial charge is 0.399 e. The van der Waals surface area contributed by atoms with Crippen LogP contribution in [0.25, 0.3) is 0 Å². The van der Waals surface area contributed by atoms with Crippen LogP contribution in [-0.2, 0) is 4.43 Å². The Bertz CT molecular complexity index is 530. The van der Waals surface area contributed by atoms with Crippen LogP contribution in [0.1, 0.15) is 39.0 Å². The van der Waals surface area contributed by atoms with Crippen molar-refractivity contribution in [1.82, 2.24) is 0 Å². The lowest BCUT2D eigenvalue weighted by Gasteiger charge is -2.54. The number of rotatable bonds is 2. The molecule has 1 aliphatic heterocycles. The fourth-order valence-corrected chi connectivity index (χ4v) is 8.83. The van der Waals surface area contributed by atoms with Crippen molar-refractivity contribution in [2.45, 2.75) is 68.3 Å². The monoisotopic (exact) mass is 353 g/mol. The fourth-order valence-electron chi connectivity index (χ4n) is 4.28. The number of thioether (sulfide) groups is 2. The van der Waals surface area contributed by atoms with E-state index >= 15 is 0 Å². The van der Waals surface area contributed by atoms with Gasteiger partial charge in [0, 0.05) is 16.9 Å². The maximum absolute atomic E-state index is 10.1.